The van der Waals surface area contributed by atoms with E-state index in [1.54, 1.807) is 6.92 Å². The molecule has 0 saturated carbocycles. The first-order valence-corrected chi connectivity index (χ1v) is 8.78. The number of aromatic nitrogens is 2. The van der Waals surface area contributed by atoms with Crippen LogP contribution in [0.4, 0.5) is 8.78 Å². The summed E-state index contributed by atoms with van der Waals surface area (Å²) in [6, 6.07) is 7.64. The number of halogens is 3. The van der Waals surface area contributed by atoms with E-state index in [4.69, 9.17) is 21.6 Å². The minimum atomic E-state index is -3.44. The molecule has 11 heteroatoms. The zero-order valence-corrected chi connectivity index (χ0v) is 16.7. The maximum Gasteiger partial charge on any atom is 0.297 e. The summed E-state index contributed by atoms with van der Waals surface area (Å²) in [5.41, 5.74) is 1.10. The lowest BCUT2D eigenvalue weighted by Gasteiger charge is -2.16. The highest BCUT2D eigenvalue weighted by molar-refractivity contribution is 6.68. The smallest absolute Gasteiger partial charge is 0.297 e. The van der Waals surface area contributed by atoms with Crippen LogP contribution in [0, 0.1) is 11.3 Å². The van der Waals surface area contributed by atoms with Crippen molar-refractivity contribution in [3.8, 4) is 17.6 Å². The molecule has 0 fully saturated rings. The summed E-state index contributed by atoms with van der Waals surface area (Å²) >= 11 is 5.81. The number of allylic oxidation sites excluding steroid dienone is 2. The summed E-state index contributed by atoms with van der Waals surface area (Å²) in [7, 11) is 0. The maximum atomic E-state index is 14.0. The highest BCUT2D eigenvalue weighted by atomic mass is 35.5. The molecule has 2 rings (SSSR count). The first kappa shape index (κ1) is 22.7. The zero-order chi connectivity index (χ0) is 22.3. The summed E-state index contributed by atoms with van der Waals surface area (Å²) in [6.07, 6.45) is 2.68. The number of hydrazone groups is 1. The van der Waals surface area contributed by atoms with Crippen LogP contribution in [-0.4, -0.2) is 21.1 Å². The first-order valence-electron chi connectivity index (χ1n) is 8.41. The fourth-order valence-corrected chi connectivity index (χ4v) is 2.61. The Kier molecular flexibility index (Phi) is 7.38. The molecular weight excluding hydrogens is 420 g/mol. The molecular formula is C19H16ClF2N5O3. The molecule has 0 bridgehead atoms. The molecule has 0 saturated heterocycles. The molecule has 2 aromatic rings. The van der Waals surface area contributed by atoms with Crippen LogP contribution in [0.3, 0.4) is 0 Å². The number of hydrogen-bond donors (Lipinski definition) is 1. The number of nitrogens with one attached hydrogen (secondary N) is 1. The van der Waals surface area contributed by atoms with Gasteiger partial charge < -0.3 is 4.74 Å². The molecule has 0 aliphatic heterocycles. The Morgan fingerprint density at radius 3 is 2.87 bits per heavy atom. The second-order valence-electron chi connectivity index (χ2n) is 6.16. The Labute approximate surface area is 175 Å². The lowest BCUT2D eigenvalue weighted by atomic mass is 10.2. The van der Waals surface area contributed by atoms with Gasteiger partial charge in [-0.2, -0.15) is 19.1 Å². The van der Waals surface area contributed by atoms with Crippen molar-refractivity contribution in [1.82, 2.24) is 15.0 Å². The third kappa shape index (κ3) is 5.96. The van der Waals surface area contributed by atoms with Gasteiger partial charge in [0.2, 0.25) is 12.2 Å². The number of amides is 1. The van der Waals surface area contributed by atoms with E-state index in [0.717, 1.165) is 10.9 Å². The Hall–Kier alpha value is -3.58. The molecule has 156 valence electrons. The quantitative estimate of drug-likeness (QED) is 0.389. The van der Waals surface area contributed by atoms with E-state index in [-0.39, 0.29) is 23.0 Å². The number of nitriles is 1. The van der Waals surface area contributed by atoms with Crippen molar-refractivity contribution in [2.45, 2.75) is 26.3 Å². The van der Waals surface area contributed by atoms with E-state index >= 15 is 0 Å². The van der Waals surface area contributed by atoms with Crippen molar-refractivity contribution in [2.75, 3.05) is 0 Å². The van der Waals surface area contributed by atoms with Crippen LogP contribution >= 0.6 is 11.6 Å². The summed E-state index contributed by atoms with van der Waals surface area (Å²) in [6.45, 7) is 2.16. The number of benzene rings is 1. The van der Waals surface area contributed by atoms with E-state index in [1.807, 2.05) is 11.5 Å². The van der Waals surface area contributed by atoms with Crippen LogP contribution in [0.5, 0.6) is 11.5 Å². The molecule has 1 amide bonds. The molecule has 30 heavy (non-hydrogen) atoms. The van der Waals surface area contributed by atoms with Gasteiger partial charge >= 0.3 is 0 Å². The zero-order valence-electron chi connectivity index (χ0n) is 15.9. The van der Waals surface area contributed by atoms with Gasteiger partial charge in [-0.1, -0.05) is 23.2 Å². The summed E-state index contributed by atoms with van der Waals surface area (Å²) in [5.74, 6) is -4.06. The Morgan fingerprint density at radius 1 is 1.50 bits per heavy atom. The molecule has 1 aromatic carbocycles. The van der Waals surface area contributed by atoms with E-state index in [2.05, 4.69) is 10.1 Å². The van der Waals surface area contributed by atoms with Gasteiger partial charge in [-0.05, 0) is 31.2 Å². The fraction of sp³-hybridized carbons (Fsp3) is 0.211. The van der Waals surface area contributed by atoms with Crippen molar-refractivity contribution >= 4 is 23.2 Å². The number of carbonyl (C=O) groups is 1. The van der Waals surface area contributed by atoms with Crippen molar-refractivity contribution in [2.24, 2.45) is 5.10 Å². The van der Waals surface area contributed by atoms with Crippen LogP contribution in [0.2, 0.25) is 0 Å². The molecule has 0 spiro atoms. The van der Waals surface area contributed by atoms with E-state index < -0.39 is 22.9 Å². The standard InChI is InChI=1S/C19H16ClF2N5O3/c1-12(6-15(20)26-25-11-28)9-27-10-24-17(19(2,21)22)16(18(27)29)30-14-5-3-4-13(7-14)8-23/h3-7,10-11H,9H2,1-2H3,(H,25,28)/b12-6+,26-15+. The predicted molar refractivity (Wildman–Crippen MR) is 106 cm³/mol. The maximum absolute atomic E-state index is 14.0. The van der Waals surface area contributed by atoms with E-state index in [9.17, 15) is 18.4 Å². The van der Waals surface area contributed by atoms with Gasteiger partial charge in [-0.15, -0.1) is 0 Å². The molecule has 0 aliphatic carbocycles. The molecule has 1 aromatic heterocycles. The SMILES string of the molecule is C/C(=C\C(Cl)=N/NC=O)Cn1cnc(C(C)(F)F)c(Oc2cccc(C#N)c2)c1=O. The van der Waals surface area contributed by atoms with Crippen molar-refractivity contribution in [3.05, 3.63) is 63.9 Å². The van der Waals surface area contributed by atoms with Gasteiger partial charge in [-0.3, -0.25) is 14.2 Å². The average molecular weight is 436 g/mol. The van der Waals surface area contributed by atoms with Gasteiger partial charge in [0.1, 0.15) is 10.9 Å². The molecule has 0 radical (unpaired) electrons. The van der Waals surface area contributed by atoms with Gasteiger partial charge in [0, 0.05) is 13.5 Å². The summed E-state index contributed by atoms with van der Waals surface area (Å²) in [4.78, 5) is 26.8. The van der Waals surface area contributed by atoms with E-state index in [0.29, 0.717) is 18.9 Å². The highest BCUT2D eigenvalue weighted by Gasteiger charge is 2.33. The Morgan fingerprint density at radius 2 is 2.23 bits per heavy atom. The predicted octanol–water partition coefficient (Wildman–Crippen LogP) is 3.26. The van der Waals surface area contributed by atoms with E-state index in [1.165, 1.54) is 30.3 Å². The molecule has 0 aliphatic rings. The minimum Gasteiger partial charge on any atom is -0.449 e. The average Bonchev–Trinajstić information content (AvgIpc) is 2.68. The van der Waals surface area contributed by atoms with Crippen LogP contribution in [0.1, 0.15) is 25.1 Å². The number of carbonyl (C=O) groups excluding carboxylic acids is 1. The van der Waals surface area contributed by atoms with Crippen LogP contribution in [-0.2, 0) is 17.3 Å². The normalized spacial score (nSPS) is 12.3. The summed E-state index contributed by atoms with van der Waals surface area (Å²) < 4.78 is 34.5. The Balaban J connectivity index is 2.47. The largest absolute Gasteiger partial charge is 0.449 e. The molecule has 1 N–H and O–H groups in total. The summed E-state index contributed by atoms with van der Waals surface area (Å²) in [5, 5.41) is 12.4. The fourth-order valence-electron chi connectivity index (χ4n) is 2.37. The van der Waals surface area contributed by atoms with Gasteiger partial charge in [0.25, 0.3) is 11.5 Å². The minimum absolute atomic E-state index is 0.0404. The topological polar surface area (TPSA) is 109 Å². The first-order chi connectivity index (χ1) is 14.2. The number of hydrogen-bond acceptors (Lipinski definition) is 6. The van der Waals surface area contributed by atoms with Gasteiger partial charge in [0.05, 0.1) is 18.0 Å². The number of ether oxygens (including phenoxy) is 1. The molecule has 1 heterocycles. The van der Waals surface area contributed by atoms with Crippen molar-refractivity contribution in [1.29, 1.82) is 5.26 Å². The van der Waals surface area contributed by atoms with Crippen LogP contribution in [0.15, 0.2) is 52.1 Å². The third-order valence-electron chi connectivity index (χ3n) is 3.60. The van der Waals surface area contributed by atoms with Crippen LogP contribution in [0.25, 0.3) is 0 Å². The lowest BCUT2D eigenvalue weighted by Crippen LogP contribution is -2.27. The third-order valence-corrected chi connectivity index (χ3v) is 3.80. The highest BCUT2D eigenvalue weighted by Crippen LogP contribution is 2.32. The number of nitrogens with zero attached hydrogens (tertiary/aromatic N) is 4. The van der Waals surface area contributed by atoms with Gasteiger partial charge in [0.15, 0.2) is 5.69 Å². The van der Waals surface area contributed by atoms with Crippen molar-refractivity contribution in [3.63, 3.8) is 0 Å². The molecule has 0 unspecified atom stereocenters. The molecule has 0 atom stereocenters. The number of alkyl halides is 2. The second kappa shape index (κ2) is 9.76. The van der Waals surface area contributed by atoms with Crippen LogP contribution < -0.4 is 15.7 Å². The Bertz CT molecular complexity index is 1100. The lowest BCUT2D eigenvalue weighted by molar-refractivity contribution is -0.109. The monoisotopic (exact) mass is 435 g/mol. The van der Waals surface area contributed by atoms with Gasteiger partial charge in [-0.25, -0.2) is 10.4 Å². The second-order valence-corrected chi connectivity index (χ2v) is 6.54. The molecule has 8 nitrogen and oxygen atoms in total. The van der Waals surface area contributed by atoms with Crippen molar-refractivity contribution < 1.29 is 18.3 Å². The number of rotatable bonds is 8.